The number of methoxy groups -OCH3 is 1. The van der Waals surface area contributed by atoms with Crippen molar-refractivity contribution in [1.82, 2.24) is 15.2 Å². The van der Waals surface area contributed by atoms with E-state index in [1.54, 1.807) is 7.11 Å². The van der Waals surface area contributed by atoms with Gasteiger partial charge in [0.2, 0.25) is 0 Å². The molecule has 3 heterocycles. The number of rotatable bonds is 8. The second-order valence-corrected chi connectivity index (χ2v) is 8.55. The van der Waals surface area contributed by atoms with E-state index >= 15 is 0 Å². The van der Waals surface area contributed by atoms with E-state index in [4.69, 9.17) is 9.72 Å². The predicted octanol–water partition coefficient (Wildman–Crippen LogP) is 3.82. The number of aromatic nitrogens is 1. The molecule has 1 aromatic heterocycles. The van der Waals surface area contributed by atoms with E-state index in [9.17, 15) is 0 Å². The summed E-state index contributed by atoms with van der Waals surface area (Å²) < 4.78 is 5.18. The van der Waals surface area contributed by atoms with Crippen LogP contribution in [-0.4, -0.2) is 62.4 Å². The number of hydrogen-bond donors (Lipinski definition) is 1. The van der Waals surface area contributed by atoms with Crippen molar-refractivity contribution in [3.8, 4) is 0 Å². The summed E-state index contributed by atoms with van der Waals surface area (Å²) >= 11 is 0. The maximum atomic E-state index is 5.18. The van der Waals surface area contributed by atoms with Crippen LogP contribution in [0.5, 0.6) is 0 Å². The van der Waals surface area contributed by atoms with Gasteiger partial charge in [0.25, 0.3) is 0 Å². The summed E-state index contributed by atoms with van der Waals surface area (Å²) in [5.74, 6) is 1.20. The number of likely N-dealkylation sites (tertiary alicyclic amines) is 1. The minimum Gasteiger partial charge on any atom is -0.385 e. The highest BCUT2D eigenvalue weighted by Crippen LogP contribution is 2.26. The van der Waals surface area contributed by atoms with Crippen LogP contribution >= 0.6 is 0 Å². The van der Waals surface area contributed by atoms with Crippen molar-refractivity contribution in [3.05, 3.63) is 35.9 Å². The largest absolute Gasteiger partial charge is 0.385 e. The third kappa shape index (κ3) is 5.47. The molecule has 2 saturated heterocycles. The molecule has 1 aromatic carbocycles. The molecule has 5 heteroatoms. The fraction of sp³-hybridized carbons (Fsp3) is 0.625. The molecule has 0 amide bonds. The van der Waals surface area contributed by atoms with Gasteiger partial charge >= 0.3 is 0 Å². The van der Waals surface area contributed by atoms with E-state index in [-0.39, 0.29) is 0 Å². The molecule has 1 N–H and O–H groups in total. The molecule has 4 rings (SSSR count). The number of ether oxygens (including phenoxy) is 1. The Hall–Kier alpha value is -1.69. The highest BCUT2D eigenvalue weighted by atomic mass is 16.5. The van der Waals surface area contributed by atoms with E-state index in [0.717, 1.165) is 44.7 Å². The SMILES string of the molecule is COCCCN1CCC(NCc2cc3ccccc3nc2N2CCCCC2)CC1. The Labute approximate surface area is 175 Å². The fourth-order valence-corrected chi connectivity index (χ4v) is 4.71. The van der Waals surface area contributed by atoms with Gasteiger partial charge in [0.15, 0.2) is 0 Å². The molecule has 158 valence electrons. The molecule has 0 spiro atoms. The van der Waals surface area contributed by atoms with Gasteiger partial charge in [0.1, 0.15) is 5.82 Å². The first-order valence-electron chi connectivity index (χ1n) is 11.4. The first kappa shape index (κ1) is 20.6. The van der Waals surface area contributed by atoms with Crippen molar-refractivity contribution in [3.63, 3.8) is 0 Å². The van der Waals surface area contributed by atoms with Crippen molar-refractivity contribution in [2.45, 2.75) is 51.1 Å². The van der Waals surface area contributed by atoms with E-state index in [1.165, 1.54) is 62.0 Å². The first-order valence-corrected chi connectivity index (χ1v) is 11.4. The van der Waals surface area contributed by atoms with Gasteiger partial charge in [-0.2, -0.15) is 0 Å². The zero-order valence-electron chi connectivity index (χ0n) is 17.9. The topological polar surface area (TPSA) is 40.6 Å². The highest BCUT2D eigenvalue weighted by Gasteiger charge is 2.21. The van der Waals surface area contributed by atoms with Crippen molar-refractivity contribution in [2.75, 3.05) is 51.3 Å². The molecule has 29 heavy (non-hydrogen) atoms. The van der Waals surface area contributed by atoms with E-state index in [0.29, 0.717) is 6.04 Å². The van der Waals surface area contributed by atoms with Gasteiger partial charge in [-0.25, -0.2) is 4.98 Å². The average molecular weight is 397 g/mol. The number of nitrogens with one attached hydrogen (secondary N) is 1. The number of pyridine rings is 1. The number of nitrogens with zero attached hydrogens (tertiary/aromatic N) is 3. The van der Waals surface area contributed by atoms with Crippen molar-refractivity contribution >= 4 is 16.7 Å². The summed E-state index contributed by atoms with van der Waals surface area (Å²) in [4.78, 5) is 10.2. The Morgan fingerprint density at radius 3 is 2.66 bits per heavy atom. The fourth-order valence-electron chi connectivity index (χ4n) is 4.71. The number of anilines is 1. The van der Waals surface area contributed by atoms with Crippen LogP contribution in [0.25, 0.3) is 10.9 Å². The minimum atomic E-state index is 0.606. The lowest BCUT2D eigenvalue weighted by atomic mass is 10.0. The summed E-state index contributed by atoms with van der Waals surface area (Å²) in [5.41, 5.74) is 2.47. The molecule has 0 saturated carbocycles. The summed E-state index contributed by atoms with van der Waals surface area (Å²) in [6.07, 6.45) is 7.50. The van der Waals surface area contributed by atoms with Crippen LogP contribution in [0.4, 0.5) is 5.82 Å². The van der Waals surface area contributed by atoms with Gasteiger partial charge in [0.05, 0.1) is 5.52 Å². The molecule has 2 aliphatic heterocycles. The van der Waals surface area contributed by atoms with Gasteiger partial charge in [-0.15, -0.1) is 0 Å². The Bertz CT molecular complexity index is 767. The highest BCUT2D eigenvalue weighted by molar-refractivity contribution is 5.81. The molecular formula is C24H36N4O. The summed E-state index contributed by atoms with van der Waals surface area (Å²) in [7, 11) is 1.79. The van der Waals surface area contributed by atoms with Gasteiger partial charge in [0, 0.05) is 56.9 Å². The number of fused-ring (bicyclic) bond motifs is 1. The Morgan fingerprint density at radius 2 is 1.86 bits per heavy atom. The second kappa shape index (κ2) is 10.4. The zero-order valence-corrected chi connectivity index (χ0v) is 17.9. The normalized spacial score (nSPS) is 19.1. The Balaban J connectivity index is 1.39. The molecule has 5 nitrogen and oxygen atoms in total. The lowest BCUT2D eigenvalue weighted by Gasteiger charge is -2.33. The first-order chi connectivity index (χ1) is 14.3. The molecule has 0 aliphatic carbocycles. The summed E-state index contributed by atoms with van der Waals surface area (Å²) in [5, 5.41) is 5.10. The Morgan fingerprint density at radius 1 is 1.07 bits per heavy atom. The monoisotopic (exact) mass is 396 g/mol. The van der Waals surface area contributed by atoms with Crippen molar-refractivity contribution < 1.29 is 4.74 Å². The quantitative estimate of drug-likeness (QED) is 0.687. The molecule has 2 aliphatic rings. The molecule has 0 unspecified atom stereocenters. The minimum absolute atomic E-state index is 0.606. The van der Waals surface area contributed by atoms with Crippen LogP contribution in [-0.2, 0) is 11.3 Å². The lowest BCUT2D eigenvalue weighted by Crippen LogP contribution is -2.43. The molecule has 2 aromatic rings. The van der Waals surface area contributed by atoms with Crippen LogP contribution in [0.2, 0.25) is 0 Å². The van der Waals surface area contributed by atoms with Crippen LogP contribution in [0.15, 0.2) is 30.3 Å². The Kier molecular flexibility index (Phi) is 7.36. The third-order valence-electron chi connectivity index (χ3n) is 6.43. The summed E-state index contributed by atoms with van der Waals surface area (Å²) in [6.45, 7) is 7.60. The van der Waals surface area contributed by atoms with Crippen molar-refractivity contribution in [2.24, 2.45) is 0 Å². The van der Waals surface area contributed by atoms with E-state index in [2.05, 4.69) is 45.4 Å². The second-order valence-electron chi connectivity index (χ2n) is 8.55. The van der Waals surface area contributed by atoms with Gasteiger partial charge in [-0.05, 0) is 63.7 Å². The molecule has 0 bridgehead atoms. The number of piperidine rings is 2. The maximum absolute atomic E-state index is 5.18. The number of para-hydroxylation sites is 1. The van der Waals surface area contributed by atoms with Crippen LogP contribution in [0, 0.1) is 0 Å². The molecule has 0 radical (unpaired) electrons. The van der Waals surface area contributed by atoms with E-state index < -0.39 is 0 Å². The van der Waals surface area contributed by atoms with Crippen molar-refractivity contribution in [1.29, 1.82) is 0 Å². The van der Waals surface area contributed by atoms with E-state index in [1.807, 2.05) is 0 Å². The van der Waals surface area contributed by atoms with Crippen LogP contribution in [0.1, 0.15) is 44.1 Å². The van der Waals surface area contributed by atoms with Gasteiger partial charge in [-0.1, -0.05) is 18.2 Å². The predicted molar refractivity (Wildman–Crippen MR) is 121 cm³/mol. The van der Waals surface area contributed by atoms with Crippen LogP contribution < -0.4 is 10.2 Å². The number of hydrogen-bond acceptors (Lipinski definition) is 5. The molecule has 0 atom stereocenters. The standard InChI is InChI=1S/C24H36N4O/c1-29-17-7-12-27-15-10-22(11-16-27)25-19-21-18-20-8-3-4-9-23(20)26-24(21)28-13-5-2-6-14-28/h3-4,8-9,18,22,25H,2,5-7,10-17,19H2,1H3. The van der Waals surface area contributed by atoms with Gasteiger partial charge < -0.3 is 19.9 Å². The average Bonchev–Trinajstić information content (AvgIpc) is 2.78. The zero-order chi connectivity index (χ0) is 19.9. The van der Waals surface area contributed by atoms with Crippen LogP contribution in [0.3, 0.4) is 0 Å². The third-order valence-corrected chi connectivity index (χ3v) is 6.43. The smallest absolute Gasteiger partial charge is 0.133 e. The maximum Gasteiger partial charge on any atom is 0.133 e. The number of benzene rings is 1. The molecule has 2 fully saturated rings. The molecular weight excluding hydrogens is 360 g/mol. The summed E-state index contributed by atoms with van der Waals surface area (Å²) in [6, 6.07) is 11.5. The van der Waals surface area contributed by atoms with Gasteiger partial charge in [-0.3, -0.25) is 0 Å². The lowest BCUT2D eigenvalue weighted by molar-refractivity contribution is 0.152.